The first-order valence-electron chi connectivity index (χ1n) is 5.15. The van der Waals surface area contributed by atoms with E-state index in [1.54, 1.807) is 13.8 Å². The third-order valence-electron chi connectivity index (χ3n) is 2.48. The largest absolute Gasteiger partial charge is 0.369 e. The summed E-state index contributed by atoms with van der Waals surface area (Å²) in [5, 5.41) is 2.79. The molecule has 0 unspecified atom stereocenters. The second-order valence-electron chi connectivity index (χ2n) is 4.07. The number of nitrogens with two attached hydrogens (primary N) is 1. The Kier molecular flexibility index (Phi) is 4.04. The maximum atomic E-state index is 11.8. The minimum atomic E-state index is -0.835. The second kappa shape index (κ2) is 5.09. The second-order valence-corrected chi connectivity index (χ2v) is 4.07. The number of hydrogen-bond acceptors (Lipinski definition) is 3. The fourth-order valence-electron chi connectivity index (χ4n) is 1.15. The van der Waals surface area contributed by atoms with Gasteiger partial charge in [-0.25, -0.2) is 0 Å². The van der Waals surface area contributed by atoms with Crippen molar-refractivity contribution in [3.8, 4) is 0 Å². The highest BCUT2D eigenvalue weighted by molar-refractivity contribution is 5.96. The summed E-state index contributed by atoms with van der Waals surface area (Å²) < 4.78 is 5.09. The summed E-state index contributed by atoms with van der Waals surface area (Å²) >= 11 is 0. The van der Waals surface area contributed by atoms with Crippen LogP contribution in [0.5, 0.6) is 0 Å². The van der Waals surface area contributed by atoms with E-state index in [-0.39, 0.29) is 5.91 Å². The maximum absolute atomic E-state index is 11.8. The van der Waals surface area contributed by atoms with E-state index in [0.717, 1.165) is 11.3 Å². The molecule has 1 rings (SSSR count). The van der Waals surface area contributed by atoms with Crippen molar-refractivity contribution in [1.82, 2.24) is 0 Å². The van der Waals surface area contributed by atoms with Gasteiger partial charge in [-0.15, -0.1) is 0 Å². The van der Waals surface area contributed by atoms with E-state index in [2.05, 4.69) is 5.32 Å². The van der Waals surface area contributed by atoms with Gasteiger partial charge in [0, 0.05) is 19.3 Å². The van der Waals surface area contributed by atoms with Crippen molar-refractivity contribution < 1.29 is 9.53 Å². The third-order valence-corrected chi connectivity index (χ3v) is 2.48. The number of rotatable bonds is 4. The molecule has 0 aromatic heterocycles. The number of carbonyl (C=O) groups is 1. The zero-order chi connectivity index (χ0) is 12.2. The van der Waals surface area contributed by atoms with Crippen LogP contribution in [0.2, 0.25) is 0 Å². The summed E-state index contributed by atoms with van der Waals surface area (Å²) in [5.41, 5.74) is 6.40. The third kappa shape index (κ3) is 3.05. The molecular weight excluding hydrogens is 204 g/mol. The number of amides is 1. The average Bonchev–Trinajstić information content (AvgIpc) is 2.29. The minimum absolute atomic E-state index is 0.177. The molecule has 3 N–H and O–H groups in total. The van der Waals surface area contributed by atoms with E-state index in [0.29, 0.717) is 6.54 Å². The first-order chi connectivity index (χ1) is 7.49. The highest BCUT2D eigenvalue weighted by Gasteiger charge is 2.26. The van der Waals surface area contributed by atoms with Crippen molar-refractivity contribution in [3.63, 3.8) is 0 Å². The molecule has 1 aromatic carbocycles. The van der Waals surface area contributed by atoms with Crippen LogP contribution in [-0.2, 0) is 16.1 Å². The van der Waals surface area contributed by atoms with Crippen molar-refractivity contribution in [2.24, 2.45) is 5.73 Å². The lowest BCUT2D eigenvalue weighted by atomic mass is 10.1. The van der Waals surface area contributed by atoms with Crippen molar-refractivity contribution in [2.45, 2.75) is 26.0 Å². The zero-order valence-electron chi connectivity index (χ0n) is 9.91. The summed E-state index contributed by atoms with van der Waals surface area (Å²) in [5.74, 6) is -0.177. The number of benzene rings is 1. The first kappa shape index (κ1) is 12.7. The van der Waals surface area contributed by atoms with Gasteiger partial charge in [0.2, 0.25) is 0 Å². The Morgan fingerprint density at radius 2 is 2.19 bits per heavy atom. The van der Waals surface area contributed by atoms with Crippen LogP contribution < -0.4 is 11.1 Å². The van der Waals surface area contributed by atoms with Gasteiger partial charge in [0.05, 0.1) is 0 Å². The van der Waals surface area contributed by atoms with Gasteiger partial charge in [0.1, 0.15) is 5.60 Å². The van der Waals surface area contributed by atoms with Gasteiger partial charge < -0.3 is 15.8 Å². The fourth-order valence-corrected chi connectivity index (χ4v) is 1.15. The van der Waals surface area contributed by atoms with Crippen LogP contribution in [0.1, 0.15) is 19.4 Å². The highest BCUT2D eigenvalue weighted by atomic mass is 16.5. The molecule has 1 amide bonds. The van der Waals surface area contributed by atoms with Crippen LogP contribution in [-0.4, -0.2) is 18.6 Å². The molecule has 16 heavy (non-hydrogen) atoms. The van der Waals surface area contributed by atoms with Crippen molar-refractivity contribution in [2.75, 3.05) is 12.4 Å². The Labute approximate surface area is 95.8 Å². The maximum Gasteiger partial charge on any atom is 0.256 e. The summed E-state index contributed by atoms with van der Waals surface area (Å²) in [4.78, 5) is 11.8. The molecule has 4 heteroatoms. The molecule has 0 atom stereocenters. The summed E-state index contributed by atoms with van der Waals surface area (Å²) in [7, 11) is 1.51. The fraction of sp³-hybridized carbons (Fsp3) is 0.417. The Bertz CT molecular complexity index is 375. The SMILES string of the molecule is COC(C)(C)C(=O)Nc1cccc(CN)c1. The van der Waals surface area contributed by atoms with Gasteiger partial charge >= 0.3 is 0 Å². The molecule has 4 nitrogen and oxygen atoms in total. The normalized spacial score (nSPS) is 11.2. The summed E-state index contributed by atoms with van der Waals surface area (Å²) in [6.07, 6.45) is 0. The first-order valence-corrected chi connectivity index (χ1v) is 5.15. The highest BCUT2D eigenvalue weighted by Crippen LogP contribution is 2.14. The van der Waals surface area contributed by atoms with Crippen LogP contribution >= 0.6 is 0 Å². The lowest BCUT2D eigenvalue weighted by molar-refractivity contribution is -0.133. The monoisotopic (exact) mass is 222 g/mol. The summed E-state index contributed by atoms with van der Waals surface area (Å²) in [6.45, 7) is 3.89. The van der Waals surface area contributed by atoms with Gasteiger partial charge in [-0.3, -0.25) is 4.79 Å². The summed E-state index contributed by atoms with van der Waals surface area (Å²) in [6, 6.07) is 7.45. The van der Waals surface area contributed by atoms with E-state index >= 15 is 0 Å². The van der Waals surface area contributed by atoms with Gasteiger partial charge in [-0.05, 0) is 31.5 Å². The predicted octanol–water partition coefficient (Wildman–Crippen LogP) is 1.51. The van der Waals surface area contributed by atoms with Crippen LogP contribution in [0.15, 0.2) is 24.3 Å². The van der Waals surface area contributed by atoms with E-state index in [4.69, 9.17) is 10.5 Å². The molecular formula is C12H18N2O2. The molecule has 1 aromatic rings. The van der Waals surface area contributed by atoms with E-state index in [1.165, 1.54) is 7.11 Å². The molecule has 0 aliphatic heterocycles. The number of nitrogens with one attached hydrogen (secondary N) is 1. The van der Waals surface area contributed by atoms with Gasteiger partial charge in [0.15, 0.2) is 0 Å². The lowest BCUT2D eigenvalue weighted by Crippen LogP contribution is -2.38. The van der Waals surface area contributed by atoms with Gasteiger partial charge in [0.25, 0.3) is 5.91 Å². The van der Waals surface area contributed by atoms with Gasteiger partial charge in [-0.2, -0.15) is 0 Å². The van der Waals surface area contributed by atoms with E-state index < -0.39 is 5.60 Å². The molecule has 0 bridgehead atoms. The molecule has 0 saturated carbocycles. The lowest BCUT2D eigenvalue weighted by Gasteiger charge is -2.21. The van der Waals surface area contributed by atoms with Crippen molar-refractivity contribution in [3.05, 3.63) is 29.8 Å². The quantitative estimate of drug-likeness (QED) is 0.811. The Morgan fingerprint density at radius 1 is 1.50 bits per heavy atom. The number of ether oxygens (including phenoxy) is 1. The van der Waals surface area contributed by atoms with Crippen LogP contribution in [0, 0.1) is 0 Å². The average molecular weight is 222 g/mol. The number of carbonyl (C=O) groups excluding carboxylic acids is 1. The van der Waals surface area contributed by atoms with Crippen molar-refractivity contribution >= 4 is 11.6 Å². The standard InChI is InChI=1S/C12H18N2O2/c1-12(2,16-3)11(15)14-10-6-4-5-9(7-10)8-13/h4-7H,8,13H2,1-3H3,(H,14,15). The van der Waals surface area contributed by atoms with E-state index in [9.17, 15) is 4.79 Å². The van der Waals surface area contributed by atoms with E-state index in [1.807, 2.05) is 24.3 Å². The number of methoxy groups -OCH3 is 1. The topological polar surface area (TPSA) is 64.3 Å². The smallest absolute Gasteiger partial charge is 0.256 e. The van der Waals surface area contributed by atoms with Crippen LogP contribution in [0.25, 0.3) is 0 Å². The van der Waals surface area contributed by atoms with Crippen LogP contribution in [0.4, 0.5) is 5.69 Å². The molecule has 0 aliphatic carbocycles. The molecule has 0 heterocycles. The molecule has 88 valence electrons. The Morgan fingerprint density at radius 3 is 2.75 bits per heavy atom. The van der Waals surface area contributed by atoms with Crippen LogP contribution in [0.3, 0.4) is 0 Å². The molecule has 0 fully saturated rings. The Hall–Kier alpha value is -1.39. The van der Waals surface area contributed by atoms with Crippen molar-refractivity contribution in [1.29, 1.82) is 0 Å². The molecule has 0 saturated heterocycles. The zero-order valence-corrected chi connectivity index (χ0v) is 9.91. The molecule has 0 radical (unpaired) electrons. The van der Waals surface area contributed by atoms with Gasteiger partial charge in [-0.1, -0.05) is 12.1 Å². The molecule has 0 aliphatic rings. The number of anilines is 1. The number of hydrogen-bond donors (Lipinski definition) is 2. The Balaban J connectivity index is 2.77. The predicted molar refractivity (Wildman–Crippen MR) is 64.1 cm³/mol. The minimum Gasteiger partial charge on any atom is -0.369 e. The molecule has 0 spiro atoms.